The lowest BCUT2D eigenvalue weighted by Gasteiger charge is -2.12. The maximum atomic E-state index is 5.75. The van der Waals surface area contributed by atoms with Crippen LogP contribution < -0.4 is 5.73 Å². The lowest BCUT2D eigenvalue weighted by atomic mass is 10.2. The second-order valence-electron chi connectivity index (χ2n) is 4.05. The molecule has 1 aliphatic rings. The Labute approximate surface area is 98.1 Å². The summed E-state index contributed by atoms with van der Waals surface area (Å²) in [5.41, 5.74) is 7.17. The van der Waals surface area contributed by atoms with E-state index in [9.17, 15) is 0 Å². The molecule has 0 aromatic carbocycles. The number of anilines is 1. The molecule has 17 heavy (non-hydrogen) atoms. The SMILES string of the molecule is CO[C@@H]1C=C[C@H](n2cnc3c(N)ncnc32)C1. The van der Waals surface area contributed by atoms with Crippen LogP contribution in [0.15, 0.2) is 24.8 Å². The Morgan fingerprint density at radius 3 is 3.00 bits per heavy atom. The van der Waals surface area contributed by atoms with Gasteiger partial charge in [-0.1, -0.05) is 12.2 Å². The van der Waals surface area contributed by atoms with Crippen LogP contribution in [0.4, 0.5) is 5.82 Å². The van der Waals surface area contributed by atoms with Crippen LogP contribution in [0.3, 0.4) is 0 Å². The molecule has 1 aliphatic carbocycles. The first-order valence-electron chi connectivity index (χ1n) is 5.43. The van der Waals surface area contributed by atoms with E-state index in [2.05, 4.69) is 27.1 Å². The lowest BCUT2D eigenvalue weighted by molar-refractivity contribution is 0.134. The third kappa shape index (κ3) is 1.57. The predicted molar refractivity (Wildman–Crippen MR) is 63.3 cm³/mol. The molecule has 0 fully saturated rings. The Kier molecular flexibility index (Phi) is 2.29. The number of aromatic nitrogens is 4. The zero-order valence-corrected chi connectivity index (χ0v) is 9.45. The summed E-state index contributed by atoms with van der Waals surface area (Å²) in [6.07, 6.45) is 8.43. The van der Waals surface area contributed by atoms with Gasteiger partial charge in [0.1, 0.15) is 11.8 Å². The normalized spacial score (nSPS) is 23.6. The molecule has 0 aliphatic heterocycles. The number of hydrogen-bond donors (Lipinski definition) is 1. The number of ether oxygens (including phenoxy) is 1. The molecule has 0 amide bonds. The van der Waals surface area contributed by atoms with E-state index in [0.29, 0.717) is 11.3 Å². The molecule has 2 aromatic heterocycles. The van der Waals surface area contributed by atoms with Gasteiger partial charge in [-0.3, -0.25) is 0 Å². The molecule has 3 rings (SSSR count). The molecule has 6 nitrogen and oxygen atoms in total. The highest BCUT2D eigenvalue weighted by molar-refractivity contribution is 5.81. The van der Waals surface area contributed by atoms with E-state index >= 15 is 0 Å². The third-order valence-electron chi connectivity index (χ3n) is 3.07. The van der Waals surface area contributed by atoms with Crippen molar-refractivity contribution in [3.63, 3.8) is 0 Å². The molecular formula is C11H13N5O. The van der Waals surface area contributed by atoms with Crippen LogP contribution >= 0.6 is 0 Å². The Hall–Kier alpha value is -1.95. The fraction of sp³-hybridized carbons (Fsp3) is 0.364. The number of methoxy groups -OCH3 is 1. The number of fused-ring (bicyclic) bond motifs is 1. The number of nitrogens with two attached hydrogens (primary N) is 1. The summed E-state index contributed by atoms with van der Waals surface area (Å²) in [5, 5.41) is 0. The van der Waals surface area contributed by atoms with Gasteiger partial charge in [0.2, 0.25) is 0 Å². The van der Waals surface area contributed by atoms with Crippen LogP contribution in [0.5, 0.6) is 0 Å². The van der Waals surface area contributed by atoms with Crippen molar-refractivity contribution in [3.05, 3.63) is 24.8 Å². The smallest absolute Gasteiger partial charge is 0.165 e. The van der Waals surface area contributed by atoms with E-state index in [4.69, 9.17) is 10.5 Å². The maximum Gasteiger partial charge on any atom is 0.165 e. The van der Waals surface area contributed by atoms with Crippen molar-refractivity contribution in [1.82, 2.24) is 19.5 Å². The molecule has 0 bridgehead atoms. The first kappa shape index (κ1) is 10.2. The van der Waals surface area contributed by atoms with Gasteiger partial charge in [0.15, 0.2) is 11.5 Å². The van der Waals surface area contributed by atoms with E-state index < -0.39 is 0 Å². The van der Waals surface area contributed by atoms with E-state index in [1.807, 2.05) is 4.57 Å². The van der Waals surface area contributed by atoms with Gasteiger partial charge in [-0.25, -0.2) is 15.0 Å². The van der Waals surface area contributed by atoms with E-state index in [0.717, 1.165) is 12.1 Å². The van der Waals surface area contributed by atoms with Crippen molar-refractivity contribution in [1.29, 1.82) is 0 Å². The monoisotopic (exact) mass is 231 g/mol. The highest BCUT2D eigenvalue weighted by atomic mass is 16.5. The van der Waals surface area contributed by atoms with Gasteiger partial charge in [0.25, 0.3) is 0 Å². The highest BCUT2D eigenvalue weighted by Crippen LogP contribution is 2.28. The van der Waals surface area contributed by atoms with Crippen LogP contribution in [0.2, 0.25) is 0 Å². The minimum atomic E-state index is 0.164. The number of allylic oxidation sites excluding steroid dienone is 1. The van der Waals surface area contributed by atoms with Crippen LogP contribution in [-0.2, 0) is 4.74 Å². The Bertz CT molecular complexity index is 576. The number of nitrogen functional groups attached to an aromatic ring is 1. The van der Waals surface area contributed by atoms with Gasteiger partial charge in [0.05, 0.1) is 18.5 Å². The van der Waals surface area contributed by atoms with Gasteiger partial charge in [-0.05, 0) is 0 Å². The topological polar surface area (TPSA) is 78.9 Å². The zero-order valence-electron chi connectivity index (χ0n) is 9.45. The molecule has 0 saturated heterocycles. The summed E-state index contributed by atoms with van der Waals surface area (Å²) in [5.74, 6) is 0.416. The third-order valence-corrected chi connectivity index (χ3v) is 3.07. The predicted octanol–water partition coefficient (Wildman–Crippen LogP) is 0.925. The van der Waals surface area contributed by atoms with Crippen LogP contribution in [0, 0.1) is 0 Å². The second-order valence-corrected chi connectivity index (χ2v) is 4.05. The molecule has 0 spiro atoms. The molecule has 6 heteroatoms. The number of hydrogen-bond acceptors (Lipinski definition) is 5. The van der Waals surface area contributed by atoms with Crippen molar-refractivity contribution in [2.24, 2.45) is 0 Å². The zero-order chi connectivity index (χ0) is 11.8. The quantitative estimate of drug-likeness (QED) is 0.777. The molecule has 2 N–H and O–H groups in total. The lowest BCUT2D eigenvalue weighted by Crippen LogP contribution is -2.10. The second kappa shape index (κ2) is 3.81. The van der Waals surface area contributed by atoms with Gasteiger partial charge in [-0.2, -0.15) is 0 Å². The highest BCUT2D eigenvalue weighted by Gasteiger charge is 2.22. The fourth-order valence-electron chi connectivity index (χ4n) is 2.14. The first-order valence-corrected chi connectivity index (χ1v) is 5.43. The number of nitrogens with zero attached hydrogens (tertiary/aromatic N) is 4. The average Bonchev–Trinajstić information content (AvgIpc) is 2.94. The van der Waals surface area contributed by atoms with Gasteiger partial charge >= 0.3 is 0 Å². The van der Waals surface area contributed by atoms with E-state index in [1.54, 1.807) is 13.4 Å². The molecule has 2 atom stereocenters. The Balaban J connectivity index is 2.02. The van der Waals surface area contributed by atoms with E-state index in [1.165, 1.54) is 6.33 Å². The molecule has 2 aromatic rings. The van der Waals surface area contributed by atoms with Gasteiger partial charge in [0, 0.05) is 13.5 Å². The largest absolute Gasteiger partial charge is 0.382 e. The maximum absolute atomic E-state index is 5.75. The van der Waals surface area contributed by atoms with Crippen molar-refractivity contribution in [3.8, 4) is 0 Å². The molecule has 2 heterocycles. The molecule has 0 unspecified atom stereocenters. The minimum Gasteiger partial charge on any atom is -0.382 e. The van der Waals surface area contributed by atoms with Crippen molar-refractivity contribution < 1.29 is 4.74 Å². The summed E-state index contributed by atoms with van der Waals surface area (Å²) < 4.78 is 7.30. The molecule has 0 radical (unpaired) electrons. The summed E-state index contributed by atoms with van der Waals surface area (Å²) in [6.45, 7) is 0. The van der Waals surface area contributed by atoms with Gasteiger partial charge in [-0.15, -0.1) is 0 Å². The van der Waals surface area contributed by atoms with Crippen molar-refractivity contribution >= 4 is 17.0 Å². The Morgan fingerprint density at radius 2 is 2.24 bits per heavy atom. The summed E-state index contributed by atoms with van der Waals surface area (Å²) in [4.78, 5) is 12.4. The molecule has 0 saturated carbocycles. The summed E-state index contributed by atoms with van der Waals surface area (Å²) in [6, 6.07) is 0.222. The van der Waals surface area contributed by atoms with Crippen LogP contribution in [0.1, 0.15) is 12.5 Å². The fourth-order valence-corrected chi connectivity index (χ4v) is 2.14. The van der Waals surface area contributed by atoms with Crippen molar-refractivity contribution in [2.75, 3.05) is 12.8 Å². The van der Waals surface area contributed by atoms with E-state index in [-0.39, 0.29) is 12.1 Å². The average molecular weight is 231 g/mol. The van der Waals surface area contributed by atoms with Crippen molar-refractivity contribution in [2.45, 2.75) is 18.6 Å². The van der Waals surface area contributed by atoms with Crippen LogP contribution in [0.25, 0.3) is 11.2 Å². The molecular weight excluding hydrogens is 218 g/mol. The number of rotatable bonds is 2. The first-order chi connectivity index (χ1) is 8.29. The van der Waals surface area contributed by atoms with Crippen LogP contribution in [-0.4, -0.2) is 32.7 Å². The minimum absolute atomic E-state index is 0.164. The standard InChI is InChI=1S/C11H13N5O/c1-17-8-3-2-7(4-8)16-6-15-9-10(12)13-5-14-11(9)16/h2-3,5-8H,4H2,1H3,(H2,12,13,14)/t7-,8+/m0/s1. The van der Waals surface area contributed by atoms with Gasteiger partial charge < -0.3 is 15.0 Å². The molecule has 88 valence electrons. The summed E-state index contributed by atoms with van der Waals surface area (Å²) in [7, 11) is 1.71. The summed E-state index contributed by atoms with van der Waals surface area (Å²) >= 11 is 0. The Morgan fingerprint density at radius 1 is 1.35 bits per heavy atom. The number of imidazole rings is 1.